The van der Waals surface area contributed by atoms with Gasteiger partial charge in [0.1, 0.15) is 11.6 Å². The molecule has 0 atom stereocenters. The Hall–Kier alpha value is -2.02. The van der Waals surface area contributed by atoms with E-state index in [1.807, 2.05) is 6.92 Å². The smallest absolute Gasteiger partial charge is 0.259 e. The summed E-state index contributed by atoms with van der Waals surface area (Å²) in [5, 5.41) is 6.23. The minimum atomic E-state index is -0.235. The number of hydrogen-bond acceptors (Lipinski definition) is 6. The lowest BCUT2D eigenvalue weighted by Gasteiger charge is -2.03. The molecule has 0 aliphatic carbocycles. The molecule has 18 heavy (non-hydrogen) atoms. The number of rotatable bonds is 4. The van der Waals surface area contributed by atoms with E-state index in [2.05, 4.69) is 25.0 Å². The lowest BCUT2D eigenvalue weighted by molar-refractivity contribution is 0.102. The molecular formula is C11H13N5OS. The number of pyridine rings is 1. The fraction of sp³-hybridized carbons (Fsp3) is 0.273. The van der Waals surface area contributed by atoms with Crippen LogP contribution in [0.2, 0.25) is 0 Å². The maximum Gasteiger partial charge on any atom is 0.259 e. The molecule has 0 aromatic carbocycles. The standard InChI is InChI=1S/C11H13N5OS/c1-3-12-9-5-4-8(6-13-9)10(17)15-11-14-7(2)16-18-11/h4-6H,3H2,1-2H3,(H,12,13)(H,14,15,16,17). The maximum atomic E-state index is 11.9. The van der Waals surface area contributed by atoms with Gasteiger partial charge in [-0.1, -0.05) is 0 Å². The third-order valence-corrected chi connectivity index (χ3v) is 2.85. The maximum absolute atomic E-state index is 11.9. The Morgan fingerprint density at radius 3 is 2.83 bits per heavy atom. The first-order chi connectivity index (χ1) is 8.69. The Kier molecular flexibility index (Phi) is 3.83. The van der Waals surface area contributed by atoms with E-state index in [9.17, 15) is 4.79 Å². The van der Waals surface area contributed by atoms with Crippen molar-refractivity contribution in [3.8, 4) is 0 Å². The van der Waals surface area contributed by atoms with Crippen molar-refractivity contribution < 1.29 is 4.79 Å². The number of aromatic nitrogens is 3. The van der Waals surface area contributed by atoms with Crippen LogP contribution >= 0.6 is 11.5 Å². The Morgan fingerprint density at radius 2 is 2.28 bits per heavy atom. The monoisotopic (exact) mass is 263 g/mol. The van der Waals surface area contributed by atoms with Gasteiger partial charge in [-0.05, 0) is 26.0 Å². The minimum absolute atomic E-state index is 0.235. The highest BCUT2D eigenvalue weighted by Gasteiger charge is 2.09. The molecule has 6 nitrogen and oxygen atoms in total. The van der Waals surface area contributed by atoms with Gasteiger partial charge in [-0.15, -0.1) is 0 Å². The van der Waals surface area contributed by atoms with Crippen LogP contribution in [0.25, 0.3) is 0 Å². The molecule has 0 aliphatic rings. The Morgan fingerprint density at radius 1 is 1.44 bits per heavy atom. The van der Waals surface area contributed by atoms with Gasteiger partial charge in [0.2, 0.25) is 5.13 Å². The summed E-state index contributed by atoms with van der Waals surface area (Å²) in [5.41, 5.74) is 0.490. The van der Waals surface area contributed by atoms with E-state index in [0.29, 0.717) is 16.5 Å². The highest BCUT2D eigenvalue weighted by atomic mass is 32.1. The van der Waals surface area contributed by atoms with Crippen molar-refractivity contribution in [3.63, 3.8) is 0 Å². The lowest BCUT2D eigenvalue weighted by atomic mass is 10.2. The summed E-state index contributed by atoms with van der Waals surface area (Å²) in [4.78, 5) is 20.1. The van der Waals surface area contributed by atoms with Gasteiger partial charge in [0, 0.05) is 24.3 Å². The molecule has 2 aromatic heterocycles. The second kappa shape index (κ2) is 5.54. The number of nitrogens with zero attached hydrogens (tertiary/aromatic N) is 3. The van der Waals surface area contributed by atoms with Gasteiger partial charge >= 0.3 is 0 Å². The first-order valence-corrected chi connectivity index (χ1v) is 6.28. The summed E-state index contributed by atoms with van der Waals surface area (Å²) in [6.07, 6.45) is 1.53. The van der Waals surface area contributed by atoms with Gasteiger partial charge in [0.05, 0.1) is 5.56 Å². The summed E-state index contributed by atoms with van der Waals surface area (Å²) in [6.45, 7) is 4.56. The van der Waals surface area contributed by atoms with Crippen LogP contribution in [-0.4, -0.2) is 26.8 Å². The molecule has 0 saturated heterocycles. The number of carbonyl (C=O) groups is 1. The summed E-state index contributed by atoms with van der Waals surface area (Å²) >= 11 is 1.16. The van der Waals surface area contributed by atoms with E-state index in [0.717, 1.165) is 23.9 Å². The fourth-order valence-corrected chi connectivity index (χ4v) is 1.90. The summed E-state index contributed by atoms with van der Waals surface area (Å²) < 4.78 is 3.99. The average Bonchev–Trinajstić information content (AvgIpc) is 2.76. The first-order valence-electron chi connectivity index (χ1n) is 5.50. The molecule has 2 heterocycles. The van der Waals surface area contributed by atoms with E-state index >= 15 is 0 Å². The number of carbonyl (C=O) groups excluding carboxylic acids is 1. The molecule has 0 saturated carbocycles. The second-order valence-corrected chi connectivity index (χ2v) is 4.32. The fourth-order valence-electron chi connectivity index (χ4n) is 1.33. The molecule has 7 heteroatoms. The van der Waals surface area contributed by atoms with Crippen LogP contribution in [-0.2, 0) is 0 Å². The average molecular weight is 263 g/mol. The summed E-state index contributed by atoms with van der Waals surface area (Å²) in [6, 6.07) is 3.48. The van der Waals surface area contributed by atoms with Crippen molar-refractivity contribution >= 4 is 28.4 Å². The van der Waals surface area contributed by atoms with Crippen LogP contribution in [0.3, 0.4) is 0 Å². The van der Waals surface area contributed by atoms with E-state index in [-0.39, 0.29) is 5.91 Å². The predicted molar refractivity (Wildman–Crippen MR) is 71.0 cm³/mol. The largest absolute Gasteiger partial charge is 0.370 e. The Bertz CT molecular complexity index is 537. The van der Waals surface area contributed by atoms with E-state index in [1.54, 1.807) is 19.1 Å². The molecule has 0 unspecified atom stereocenters. The molecule has 0 spiro atoms. The molecule has 0 fully saturated rings. The van der Waals surface area contributed by atoms with Gasteiger partial charge in [0.25, 0.3) is 5.91 Å². The Balaban J connectivity index is 2.04. The van der Waals surface area contributed by atoms with Crippen LogP contribution in [0, 0.1) is 6.92 Å². The molecule has 2 N–H and O–H groups in total. The topological polar surface area (TPSA) is 79.8 Å². The minimum Gasteiger partial charge on any atom is -0.370 e. The van der Waals surface area contributed by atoms with Gasteiger partial charge in [-0.2, -0.15) is 4.37 Å². The van der Waals surface area contributed by atoms with Crippen molar-refractivity contribution in [2.45, 2.75) is 13.8 Å². The van der Waals surface area contributed by atoms with Crippen molar-refractivity contribution in [2.24, 2.45) is 0 Å². The van der Waals surface area contributed by atoms with Crippen LogP contribution in [0.4, 0.5) is 10.9 Å². The second-order valence-electron chi connectivity index (χ2n) is 3.56. The van der Waals surface area contributed by atoms with Crippen molar-refractivity contribution in [2.75, 3.05) is 17.2 Å². The molecular weight excluding hydrogens is 250 g/mol. The number of anilines is 2. The molecule has 94 valence electrons. The zero-order valence-corrected chi connectivity index (χ0v) is 10.9. The Labute approximate surface area is 109 Å². The number of nitrogens with one attached hydrogen (secondary N) is 2. The van der Waals surface area contributed by atoms with Gasteiger partial charge < -0.3 is 5.32 Å². The third kappa shape index (κ3) is 3.01. The predicted octanol–water partition coefficient (Wildman–Crippen LogP) is 1.93. The summed E-state index contributed by atoms with van der Waals surface area (Å²) in [7, 11) is 0. The summed E-state index contributed by atoms with van der Waals surface area (Å²) in [5.74, 6) is 1.17. The van der Waals surface area contributed by atoms with Gasteiger partial charge in [-0.25, -0.2) is 9.97 Å². The zero-order valence-electron chi connectivity index (χ0n) is 10.1. The van der Waals surface area contributed by atoms with Crippen LogP contribution in [0.5, 0.6) is 0 Å². The number of hydrogen-bond donors (Lipinski definition) is 2. The third-order valence-electron chi connectivity index (χ3n) is 2.13. The van der Waals surface area contributed by atoms with E-state index < -0.39 is 0 Å². The van der Waals surface area contributed by atoms with Crippen molar-refractivity contribution in [1.29, 1.82) is 0 Å². The number of aryl methyl sites for hydroxylation is 1. The SMILES string of the molecule is CCNc1ccc(C(=O)Nc2nc(C)ns2)cn1. The van der Waals surface area contributed by atoms with Crippen LogP contribution in [0.1, 0.15) is 23.1 Å². The number of amides is 1. The van der Waals surface area contributed by atoms with Gasteiger partial charge in [0.15, 0.2) is 0 Å². The van der Waals surface area contributed by atoms with Gasteiger partial charge in [-0.3, -0.25) is 10.1 Å². The quantitative estimate of drug-likeness (QED) is 0.881. The van der Waals surface area contributed by atoms with E-state index in [4.69, 9.17) is 0 Å². The normalized spacial score (nSPS) is 10.1. The van der Waals surface area contributed by atoms with E-state index in [1.165, 1.54) is 6.20 Å². The van der Waals surface area contributed by atoms with Crippen LogP contribution < -0.4 is 10.6 Å². The molecule has 0 radical (unpaired) electrons. The van der Waals surface area contributed by atoms with Crippen molar-refractivity contribution in [3.05, 3.63) is 29.7 Å². The highest BCUT2D eigenvalue weighted by molar-refractivity contribution is 7.09. The highest BCUT2D eigenvalue weighted by Crippen LogP contribution is 2.12. The van der Waals surface area contributed by atoms with Crippen molar-refractivity contribution in [1.82, 2.24) is 14.3 Å². The molecule has 2 rings (SSSR count). The molecule has 0 aliphatic heterocycles. The molecule has 0 bridgehead atoms. The first kappa shape index (κ1) is 12.4. The van der Waals surface area contributed by atoms with Crippen LogP contribution in [0.15, 0.2) is 18.3 Å². The lowest BCUT2D eigenvalue weighted by Crippen LogP contribution is -2.12. The zero-order chi connectivity index (χ0) is 13.0. The molecule has 2 aromatic rings. The molecule has 1 amide bonds.